The zero-order valence-corrected chi connectivity index (χ0v) is 18.1. The molecule has 0 radical (unpaired) electrons. The van der Waals surface area contributed by atoms with Crippen LogP contribution in [0, 0.1) is 17.7 Å². The van der Waals surface area contributed by atoms with Crippen molar-refractivity contribution in [1.29, 1.82) is 0 Å². The van der Waals surface area contributed by atoms with Gasteiger partial charge >= 0.3 is 0 Å². The normalized spacial score (nSPS) is 27.7. The molecular weight excluding hydrogens is 355 g/mol. The van der Waals surface area contributed by atoms with Gasteiger partial charge in [0.05, 0.1) is 0 Å². The minimum Gasteiger partial charge on any atom is -0.207 e. The average Bonchev–Trinajstić information content (AvgIpc) is 2.79. The van der Waals surface area contributed by atoms with Crippen LogP contribution in [0.4, 0.5) is 4.39 Å². The van der Waals surface area contributed by atoms with Crippen LogP contribution in [-0.4, -0.2) is 0 Å². The van der Waals surface area contributed by atoms with Crippen molar-refractivity contribution >= 4 is 0 Å². The van der Waals surface area contributed by atoms with E-state index in [4.69, 9.17) is 0 Å². The molecule has 0 aliphatic heterocycles. The average molecular weight is 393 g/mol. The van der Waals surface area contributed by atoms with E-state index in [-0.39, 0.29) is 5.82 Å². The predicted octanol–water partition coefficient (Wildman–Crippen LogP) is 8.42. The zero-order chi connectivity index (χ0) is 20.1. The molecule has 0 spiro atoms. The highest BCUT2D eigenvalue weighted by atomic mass is 19.1. The van der Waals surface area contributed by atoms with Crippen molar-refractivity contribution in [1.82, 2.24) is 0 Å². The van der Waals surface area contributed by atoms with E-state index in [1.807, 2.05) is 12.1 Å². The van der Waals surface area contributed by atoms with Crippen LogP contribution in [0.25, 0.3) is 0 Å². The Bertz CT molecular complexity index is 729. The van der Waals surface area contributed by atoms with E-state index in [0.29, 0.717) is 5.92 Å². The van der Waals surface area contributed by atoms with Crippen molar-refractivity contribution in [2.24, 2.45) is 11.8 Å². The molecule has 0 bridgehead atoms. The van der Waals surface area contributed by atoms with Gasteiger partial charge in [-0.25, -0.2) is 4.39 Å². The fourth-order valence-corrected chi connectivity index (χ4v) is 5.75. The maximum Gasteiger partial charge on any atom is 0.123 e. The van der Waals surface area contributed by atoms with E-state index in [9.17, 15) is 4.39 Å². The molecule has 0 heterocycles. The van der Waals surface area contributed by atoms with Gasteiger partial charge in [-0.3, -0.25) is 0 Å². The van der Waals surface area contributed by atoms with Gasteiger partial charge in [-0.15, -0.1) is 0 Å². The zero-order valence-electron chi connectivity index (χ0n) is 18.1. The minimum absolute atomic E-state index is 0.123. The van der Waals surface area contributed by atoms with E-state index in [2.05, 4.69) is 31.2 Å². The third kappa shape index (κ3) is 5.50. The molecular formula is C28H37F. The highest BCUT2D eigenvalue weighted by molar-refractivity contribution is 5.26. The van der Waals surface area contributed by atoms with Crippen molar-refractivity contribution in [3.63, 3.8) is 0 Å². The number of aryl methyl sites for hydroxylation is 1. The topological polar surface area (TPSA) is 0 Å². The molecule has 4 rings (SSSR count). The number of benzene rings is 2. The Morgan fingerprint density at radius 3 is 1.66 bits per heavy atom. The number of halogens is 1. The van der Waals surface area contributed by atoms with Gasteiger partial charge in [0.1, 0.15) is 5.82 Å². The van der Waals surface area contributed by atoms with Gasteiger partial charge in [0, 0.05) is 0 Å². The van der Waals surface area contributed by atoms with Gasteiger partial charge in [0.2, 0.25) is 0 Å². The van der Waals surface area contributed by atoms with E-state index < -0.39 is 0 Å². The summed E-state index contributed by atoms with van der Waals surface area (Å²) < 4.78 is 13.1. The lowest BCUT2D eigenvalue weighted by Crippen LogP contribution is -2.14. The van der Waals surface area contributed by atoms with Gasteiger partial charge in [0.15, 0.2) is 0 Å². The summed E-state index contributed by atoms with van der Waals surface area (Å²) in [5.74, 6) is 3.14. The molecule has 2 aromatic rings. The first-order valence-electron chi connectivity index (χ1n) is 12.1. The van der Waals surface area contributed by atoms with Crippen LogP contribution >= 0.6 is 0 Å². The van der Waals surface area contributed by atoms with E-state index in [0.717, 1.165) is 17.8 Å². The van der Waals surface area contributed by atoms with E-state index >= 15 is 0 Å². The second-order valence-corrected chi connectivity index (χ2v) is 9.68. The van der Waals surface area contributed by atoms with Crippen molar-refractivity contribution < 1.29 is 4.39 Å². The lowest BCUT2D eigenvalue weighted by atomic mass is 9.76. The monoisotopic (exact) mass is 392 g/mol. The van der Waals surface area contributed by atoms with Crippen LogP contribution in [0.2, 0.25) is 0 Å². The molecule has 156 valence electrons. The predicted molar refractivity (Wildman–Crippen MR) is 121 cm³/mol. The van der Waals surface area contributed by atoms with Crippen LogP contribution in [0.15, 0.2) is 48.5 Å². The largest absolute Gasteiger partial charge is 0.207 e. The fraction of sp³-hybridized carbons (Fsp3) is 0.571. The molecule has 2 aliphatic carbocycles. The Morgan fingerprint density at radius 2 is 1.14 bits per heavy atom. The lowest BCUT2D eigenvalue weighted by Gasteiger charge is -2.29. The molecule has 2 aliphatic rings. The second-order valence-electron chi connectivity index (χ2n) is 9.68. The van der Waals surface area contributed by atoms with Gasteiger partial charge in [0.25, 0.3) is 0 Å². The Morgan fingerprint density at radius 1 is 0.655 bits per heavy atom. The molecule has 0 atom stereocenters. The number of hydrogen-bond acceptors (Lipinski definition) is 0. The summed E-state index contributed by atoms with van der Waals surface area (Å²) in [6, 6.07) is 16.8. The summed E-state index contributed by atoms with van der Waals surface area (Å²) in [6.45, 7) is 2.34. The highest BCUT2D eigenvalue weighted by Crippen LogP contribution is 2.38. The van der Waals surface area contributed by atoms with Gasteiger partial charge < -0.3 is 0 Å². The van der Waals surface area contributed by atoms with Gasteiger partial charge in [-0.1, -0.05) is 49.7 Å². The minimum atomic E-state index is -0.123. The summed E-state index contributed by atoms with van der Waals surface area (Å²) in [5.41, 5.74) is 4.41. The molecule has 0 N–H and O–H groups in total. The van der Waals surface area contributed by atoms with Crippen LogP contribution in [-0.2, 0) is 6.42 Å². The molecule has 0 nitrogen and oxygen atoms in total. The molecule has 2 aromatic carbocycles. The molecule has 0 aromatic heterocycles. The summed E-state index contributed by atoms with van der Waals surface area (Å²) in [7, 11) is 0. The molecule has 0 saturated heterocycles. The maximum atomic E-state index is 13.1. The van der Waals surface area contributed by atoms with E-state index in [1.54, 1.807) is 17.7 Å². The van der Waals surface area contributed by atoms with Gasteiger partial charge in [-0.05, 0) is 117 Å². The lowest BCUT2D eigenvalue weighted by molar-refractivity contribution is 0.310. The molecule has 0 amide bonds. The van der Waals surface area contributed by atoms with E-state index in [1.165, 1.54) is 81.8 Å². The van der Waals surface area contributed by atoms with Crippen molar-refractivity contribution in [2.45, 2.75) is 89.4 Å². The Balaban J connectivity index is 1.21. The third-order valence-electron chi connectivity index (χ3n) is 7.90. The molecule has 2 saturated carbocycles. The van der Waals surface area contributed by atoms with Crippen LogP contribution in [0.1, 0.15) is 99.7 Å². The first-order valence-corrected chi connectivity index (χ1v) is 12.1. The molecule has 2 fully saturated rings. The molecule has 0 unspecified atom stereocenters. The summed E-state index contributed by atoms with van der Waals surface area (Å²) in [5, 5.41) is 0. The smallest absolute Gasteiger partial charge is 0.123 e. The molecule has 1 heteroatoms. The summed E-state index contributed by atoms with van der Waals surface area (Å²) in [4.78, 5) is 0. The SMILES string of the molecule is CC[C@H]1CC[C@H](c2ccc(CC[C@H]3CC[C@H](c4ccc(F)cc4)CC3)cc2)CC1. The number of hydrogen-bond donors (Lipinski definition) is 0. The van der Waals surface area contributed by atoms with Crippen molar-refractivity contribution in [3.8, 4) is 0 Å². The van der Waals surface area contributed by atoms with Crippen molar-refractivity contribution in [3.05, 3.63) is 71.0 Å². The Kier molecular flexibility index (Phi) is 7.06. The molecule has 29 heavy (non-hydrogen) atoms. The Hall–Kier alpha value is -1.63. The Labute approximate surface area is 176 Å². The first-order chi connectivity index (χ1) is 14.2. The van der Waals surface area contributed by atoms with Gasteiger partial charge in [-0.2, -0.15) is 0 Å². The number of rotatable bonds is 6. The fourth-order valence-electron chi connectivity index (χ4n) is 5.75. The quantitative estimate of drug-likeness (QED) is 0.463. The summed E-state index contributed by atoms with van der Waals surface area (Å²) in [6.07, 6.45) is 14.7. The standard InChI is InChI=1S/C28H37F/c1-2-21-5-11-24(12-6-21)25-13-7-22(8-14-25)3-4-23-9-15-26(16-10-23)27-17-19-28(29)20-18-27/h7-8,13-14,17-21,23-24,26H,2-6,9-12,15-16H2,1H3/t21-,23-,24-,26-. The third-order valence-corrected chi connectivity index (χ3v) is 7.90. The first kappa shape index (κ1) is 20.6. The summed E-state index contributed by atoms with van der Waals surface area (Å²) >= 11 is 0. The van der Waals surface area contributed by atoms with Crippen LogP contribution in [0.3, 0.4) is 0 Å². The van der Waals surface area contributed by atoms with Crippen LogP contribution in [0.5, 0.6) is 0 Å². The van der Waals surface area contributed by atoms with Crippen molar-refractivity contribution in [2.75, 3.05) is 0 Å². The van der Waals surface area contributed by atoms with Crippen LogP contribution < -0.4 is 0 Å². The maximum absolute atomic E-state index is 13.1. The highest BCUT2D eigenvalue weighted by Gasteiger charge is 2.23. The second kappa shape index (κ2) is 9.92.